The van der Waals surface area contributed by atoms with Gasteiger partial charge in [0.15, 0.2) is 0 Å². The first-order valence-electron chi connectivity index (χ1n) is 4.92. The van der Waals surface area contributed by atoms with Crippen molar-refractivity contribution in [1.82, 2.24) is 9.91 Å². The monoisotopic (exact) mass is 185 g/mol. The molecule has 0 bridgehead atoms. The van der Waals surface area contributed by atoms with Gasteiger partial charge in [0.05, 0.1) is 0 Å². The summed E-state index contributed by atoms with van der Waals surface area (Å²) < 4.78 is 0. The fourth-order valence-electron chi connectivity index (χ4n) is 1.77. The number of nitrogens with zero attached hydrogens (tertiary/aromatic N) is 2. The molecule has 0 unspecified atom stereocenters. The molecule has 1 amide bonds. The number of amides is 1. The van der Waals surface area contributed by atoms with Crippen molar-refractivity contribution >= 4 is 5.91 Å². The summed E-state index contributed by atoms with van der Waals surface area (Å²) in [4.78, 5) is 12.9. The molecule has 0 saturated carbocycles. The summed E-state index contributed by atoms with van der Waals surface area (Å²) in [5.74, 6) is 5.98. The van der Waals surface area contributed by atoms with E-state index in [1.807, 2.05) is 9.91 Å². The van der Waals surface area contributed by atoms with Crippen molar-refractivity contribution in [3.8, 4) is 0 Å². The first-order chi connectivity index (χ1) is 6.15. The van der Waals surface area contributed by atoms with E-state index < -0.39 is 0 Å². The van der Waals surface area contributed by atoms with Crippen LogP contribution in [-0.4, -0.2) is 41.5 Å². The fourth-order valence-corrected chi connectivity index (χ4v) is 1.77. The molecule has 4 heteroatoms. The molecule has 1 rings (SSSR count). The van der Waals surface area contributed by atoms with Gasteiger partial charge >= 0.3 is 0 Å². The van der Waals surface area contributed by atoms with Gasteiger partial charge in [0.25, 0.3) is 0 Å². The summed E-state index contributed by atoms with van der Waals surface area (Å²) in [5, 5.41) is 1.87. The van der Waals surface area contributed by atoms with Crippen molar-refractivity contribution in [2.45, 2.75) is 32.7 Å². The molecule has 76 valence electrons. The van der Waals surface area contributed by atoms with E-state index in [-0.39, 0.29) is 5.91 Å². The minimum Gasteiger partial charge on any atom is -0.343 e. The number of hydrogen-bond acceptors (Lipinski definition) is 3. The maximum absolute atomic E-state index is 11.0. The highest BCUT2D eigenvalue weighted by molar-refractivity contribution is 5.73. The number of hydrogen-bond donors (Lipinski definition) is 1. The van der Waals surface area contributed by atoms with Crippen LogP contribution in [0.25, 0.3) is 0 Å². The summed E-state index contributed by atoms with van der Waals surface area (Å²) in [6.07, 6.45) is 2.01. The lowest BCUT2D eigenvalue weighted by Crippen LogP contribution is -2.48. The van der Waals surface area contributed by atoms with E-state index >= 15 is 0 Å². The van der Waals surface area contributed by atoms with Gasteiger partial charge in [-0.2, -0.15) is 0 Å². The summed E-state index contributed by atoms with van der Waals surface area (Å²) in [6, 6.07) is 0.459. The third-order valence-electron chi connectivity index (χ3n) is 2.74. The standard InChI is InChI=1S/C9H19N3O/c1-3-12(10)9-4-6-11(7-5-9)8(2)13/h9H,3-7,10H2,1-2H3. The number of piperidine rings is 1. The highest BCUT2D eigenvalue weighted by Crippen LogP contribution is 2.13. The van der Waals surface area contributed by atoms with Crippen LogP contribution in [0.4, 0.5) is 0 Å². The van der Waals surface area contributed by atoms with Gasteiger partial charge < -0.3 is 4.90 Å². The van der Waals surface area contributed by atoms with E-state index in [4.69, 9.17) is 5.84 Å². The lowest BCUT2D eigenvalue weighted by Gasteiger charge is -2.35. The normalized spacial score (nSPS) is 19.5. The number of carbonyl (C=O) groups excluding carboxylic acids is 1. The summed E-state index contributed by atoms with van der Waals surface area (Å²) in [5.41, 5.74) is 0. The quantitative estimate of drug-likeness (QED) is 0.493. The molecule has 0 aliphatic carbocycles. The average molecular weight is 185 g/mol. The lowest BCUT2D eigenvalue weighted by molar-refractivity contribution is -0.130. The van der Waals surface area contributed by atoms with E-state index in [9.17, 15) is 4.79 Å². The number of carbonyl (C=O) groups is 1. The molecule has 0 aromatic carbocycles. The number of hydrazine groups is 1. The predicted octanol–water partition coefficient (Wildman–Crippen LogP) is 0.193. The summed E-state index contributed by atoms with van der Waals surface area (Å²) in [6.45, 7) is 6.27. The van der Waals surface area contributed by atoms with Gasteiger partial charge in [-0.05, 0) is 12.8 Å². The zero-order valence-corrected chi connectivity index (χ0v) is 8.49. The van der Waals surface area contributed by atoms with Crippen molar-refractivity contribution in [3.05, 3.63) is 0 Å². The Hall–Kier alpha value is -0.610. The third-order valence-corrected chi connectivity index (χ3v) is 2.74. The average Bonchev–Trinajstić information content (AvgIpc) is 2.17. The smallest absolute Gasteiger partial charge is 0.219 e. The van der Waals surface area contributed by atoms with E-state index in [1.54, 1.807) is 6.92 Å². The molecule has 2 N–H and O–H groups in total. The second-order valence-electron chi connectivity index (χ2n) is 3.57. The van der Waals surface area contributed by atoms with Crippen molar-refractivity contribution < 1.29 is 4.79 Å². The summed E-state index contributed by atoms with van der Waals surface area (Å²) in [7, 11) is 0. The first kappa shape index (κ1) is 10.5. The topological polar surface area (TPSA) is 49.6 Å². The first-order valence-corrected chi connectivity index (χ1v) is 4.92. The van der Waals surface area contributed by atoms with Crippen molar-refractivity contribution in [2.24, 2.45) is 5.84 Å². The molecule has 1 saturated heterocycles. The Bertz CT molecular complexity index is 176. The third kappa shape index (κ3) is 2.67. The lowest BCUT2D eigenvalue weighted by atomic mass is 10.0. The van der Waals surface area contributed by atoms with Crippen LogP contribution in [0.1, 0.15) is 26.7 Å². The van der Waals surface area contributed by atoms with Gasteiger partial charge in [-0.15, -0.1) is 0 Å². The SMILES string of the molecule is CCN(N)C1CCN(C(C)=O)CC1. The van der Waals surface area contributed by atoms with Gasteiger partial charge in [0.1, 0.15) is 0 Å². The van der Waals surface area contributed by atoms with Crippen LogP contribution in [0.5, 0.6) is 0 Å². The zero-order chi connectivity index (χ0) is 9.84. The second kappa shape index (κ2) is 4.58. The van der Waals surface area contributed by atoms with Crippen LogP contribution in [0.3, 0.4) is 0 Å². The molecule has 0 aromatic heterocycles. The van der Waals surface area contributed by atoms with Gasteiger partial charge in [-0.1, -0.05) is 6.92 Å². The van der Waals surface area contributed by atoms with E-state index in [1.165, 1.54) is 0 Å². The number of rotatable bonds is 2. The predicted molar refractivity (Wildman–Crippen MR) is 51.8 cm³/mol. The fraction of sp³-hybridized carbons (Fsp3) is 0.889. The highest BCUT2D eigenvalue weighted by Gasteiger charge is 2.22. The molecule has 1 heterocycles. The Labute approximate surface area is 79.6 Å². The largest absolute Gasteiger partial charge is 0.343 e. The Morgan fingerprint density at radius 2 is 2.08 bits per heavy atom. The number of nitrogens with two attached hydrogens (primary N) is 1. The molecule has 0 aromatic rings. The van der Waals surface area contributed by atoms with Gasteiger partial charge in [0.2, 0.25) is 5.91 Å². The molecular weight excluding hydrogens is 166 g/mol. The Morgan fingerprint density at radius 1 is 1.54 bits per heavy atom. The second-order valence-corrected chi connectivity index (χ2v) is 3.57. The van der Waals surface area contributed by atoms with Gasteiger partial charge in [-0.3, -0.25) is 10.6 Å². The maximum atomic E-state index is 11.0. The highest BCUT2D eigenvalue weighted by atomic mass is 16.2. The van der Waals surface area contributed by atoms with E-state index in [0.29, 0.717) is 6.04 Å². The Balaban J connectivity index is 2.34. The maximum Gasteiger partial charge on any atom is 0.219 e. The molecule has 1 fully saturated rings. The molecule has 13 heavy (non-hydrogen) atoms. The van der Waals surface area contributed by atoms with Crippen LogP contribution in [-0.2, 0) is 4.79 Å². The minimum absolute atomic E-state index is 0.179. The minimum atomic E-state index is 0.179. The molecule has 1 aliphatic rings. The van der Waals surface area contributed by atoms with Crippen molar-refractivity contribution in [3.63, 3.8) is 0 Å². The number of likely N-dealkylation sites (tertiary alicyclic amines) is 1. The molecule has 4 nitrogen and oxygen atoms in total. The zero-order valence-electron chi connectivity index (χ0n) is 8.49. The van der Waals surface area contributed by atoms with Crippen molar-refractivity contribution in [2.75, 3.05) is 19.6 Å². The molecule has 0 spiro atoms. The van der Waals surface area contributed by atoms with E-state index in [2.05, 4.69) is 6.92 Å². The summed E-state index contributed by atoms with van der Waals surface area (Å²) >= 11 is 0. The molecular formula is C9H19N3O. The van der Waals surface area contributed by atoms with Crippen LogP contribution < -0.4 is 5.84 Å². The Kier molecular flexibility index (Phi) is 3.69. The van der Waals surface area contributed by atoms with Crippen LogP contribution >= 0.6 is 0 Å². The van der Waals surface area contributed by atoms with Crippen LogP contribution in [0.15, 0.2) is 0 Å². The van der Waals surface area contributed by atoms with Crippen LogP contribution in [0.2, 0.25) is 0 Å². The van der Waals surface area contributed by atoms with Crippen LogP contribution in [0, 0.1) is 0 Å². The van der Waals surface area contributed by atoms with Gasteiger partial charge in [-0.25, -0.2) is 5.01 Å². The molecule has 0 radical (unpaired) electrons. The molecule has 1 aliphatic heterocycles. The van der Waals surface area contributed by atoms with Gasteiger partial charge in [0, 0.05) is 32.6 Å². The van der Waals surface area contributed by atoms with Crippen molar-refractivity contribution in [1.29, 1.82) is 0 Å². The molecule has 0 atom stereocenters. The Morgan fingerprint density at radius 3 is 2.46 bits per heavy atom. The van der Waals surface area contributed by atoms with E-state index in [0.717, 1.165) is 32.5 Å².